The molecule has 4 nitrogen and oxygen atoms in total. The molecule has 0 aliphatic carbocycles. The van der Waals surface area contributed by atoms with Gasteiger partial charge in [-0.3, -0.25) is 0 Å². The smallest absolute Gasteiger partial charge is 0.256 e. The second-order valence-electron chi connectivity index (χ2n) is 6.31. The van der Waals surface area contributed by atoms with Crippen LogP contribution < -0.4 is 5.73 Å². The molecule has 2 atom stereocenters. The maximum atomic E-state index is 11.5. The Morgan fingerprint density at radius 2 is 1.56 bits per heavy atom. The number of halogens is 2. The van der Waals surface area contributed by atoms with Crippen LogP contribution >= 0.6 is 23.2 Å². The van der Waals surface area contributed by atoms with Crippen molar-refractivity contribution in [3.8, 4) is 11.1 Å². The number of hydrogen-bond donors (Lipinski definition) is 2. The number of nitrogens with zero attached hydrogens (tertiary/aromatic N) is 1. The standard InChI is InChI=1S/C21H19Cl2N2O2/c1-25(27)17-4-2-3-15(11-17)13-5-7-14(8-6-13)21(26)20(24)16-9-10-18(22)19(23)12-16/h2-12,20-21,26H,24H2,1H3/q+1. The molecule has 0 heterocycles. The largest absolute Gasteiger partial charge is 0.386 e. The van der Waals surface area contributed by atoms with Gasteiger partial charge in [-0.2, -0.15) is 0 Å². The second kappa shape index (κ2) is 8.19. The van der Waals surface area contributed by atoms with Crippen LogP contribution in [0.2, 0.25) is 10.0 Å². The molecule has 0 saturated carbocycles. The summed E-state index contributed by atoms with van der Waals surface area (Å²) < 4.78 is 0.817. The van der Waals surface area contributed by atoms with Crippen LogP contribution in [0.15, 0.2) is 66.7 Å². The molecule has 3 rings (SSSR count). The average Bonchev–Trinajstić information content (AvgIpc) is 2.69. The fourth-order valence-corrected chi connectivity index (χ4v) is 3.17. The van der Waals surface area contributed by atoms with E-state index in [1.54, 1.807) is 24.3 Å². The molecular weight excluding hydrogens is 383 g/mol. The zero-order chi connectivity index (χ0) is 19.6. The van der Waals surface area contributed by atoms with Crippen LogP contribution in [0.25, 0.3) is 11.1 Å². The van der Waals surface area contributed by atoms with Gasteiger partial charge in [0.2, 0.25) is 0 Å². The Morgan fingerprint density at radius 1 is 0.889 bits per heavy atom. The fraction of sp³-hybridized carbons (Fsp3) is 0.143. The van der Waals surface area contributed by atoms with E-state index in [1.165, 1.54) is 7.05 Å². The van der Waals surface area contributed by atoms with Crippen molar-refractivity contribution >= 4 is 28.9 Å². The molecule has 0 amide bonds. The summed E-state index contributed by atoms with van der Waals surface area (Å²) in [6, 6.07) is 19.2. The topological polar surface area (TPSA) is 66.3 Å². The van der Waals surface area contributed by atoms with E-state index in [1.807, 2.05) is 42.5 Å². The maximum absolute atomic E-state index is 11.5. The summed E-state index contributed by atoms with van der Waals surface area (Å²) in [4.78, 5) is 11.5. The van der Waals surface area contributed by atoms with Crippen molar-refractivity contribution in [1.82, 2.24) is 0 Å². The van der Waals surface area contributed by atoms with Crippen molar-refractivity contribution in [3.63, 3.8) is 0 Å². The Hall–Kier alpha value is -2.24. The Kier molecular flexibility index (Phi) is 5.92. The van der Waals surface area contributed by atoms with Gasteiger partial charge in [-0.1, -0.05) is 65.7 Å². The minimum Gasteiger partial charge on any atom is -0.386 e. The number of nitrogens with two attached hydrogens (primary N) is 1. The van der Waals surface area contributed by atoms with Crippen LogP contribution in [0.1, 0.15) is 23.3 Å². The minimum absolute atomic E-state index is 0.399. The Balaban J connectivity index is 1.83. The lowest BCUT2D eigenvalue weighted by atomic mass is 9.95. The van der Waals surface area contributed by atoms with Gasteiger partial charge in [-0.25, -0.2) is 0 Å². The van der Waals surface area contributed by atoms with Gasteiger partial charge in [0.1, 0.15) is 0 Å². The van der Waals surface area contributed by atoms with Gasteiger partial charge in [-0.15, -0.1) is 0 Å². The number of hydrogen-bond acceptors (Lipinski definition) is 3. The van der Waals surface area contributed by atoms with Crippen molar-refractivity contribution in [2.75, 3.05) is 7.05 Å². The quantitative estimate of drug-likeness (QED) is 0.559. The number of benzene rings is 3. The Bertz CT molecular complexity index is 974. The zero-order valence-electron chi connectivity index (χ0n) is 14.6. The van der Waals surface area contributed by atoms with Gasteiger partial charge in [0.25, 0.3) is 5.69 Å². The Labute approximate surface area is 167 Å². The van der Waals surface area contributed by atoms with Gasteiger partial charge < -0.3 is 10.8 Å². The van der Waals surface area contributed by atoms with Crippen molar-refractivity contribution in [2.45, 2.75) is 12.1 Å². The second-order valence-corrected chi connectivity index (χ2v) is 7.13. The molecule has 0 aliphatic rings. The van der Waals surface area contributed by atoms with E-state index < -0.39 is 12.1 Å². The summed E-state index contributed by atoms with van der Waals surface area (Å²) in [6.45, 7) is 0. The van der Waals surface area contributed by atoms with E-state index in [9.17, 15) is 10.0 Å². The molecule has 0 spiro atoms. The zero-order valence-corrected chi connectivity index (χ0v) is 16.2. The highest BCUT2D eigenvalue weighted by molar-refractivity contribution is 6.42. The monoisotopic (exact) mass is 401 g/mol. The predicted molar refractivity (Wildman–Crippen MR) is 109 cm³/mol. The van der Waals surface area contributed by atoms with E-state index in [0.717, 1.165) is 15.9 Å². The first-order chi connectivity index (χ1) is 12.9. The van der Waals surface area contributed by atoms with Crippen LogP contribution in [-0.4, -0.2) is 16.9 Å². The van der Waals surface area contributed by atoms with E-state index in [-0.39, 0.29) is 0 Å². The third kappa shape index (κ3) is 4.37. The van der Waals surface area contributed by atoms with Gasteiger partial charge in [-0.05, 0) is 34.4 Å². The number of rotatable bonds is 5. The minimum atomic E-state index is -0.893. The first kappa shape index (κ1) is 19.5. The van der Waals surface area contributed by atoms with Gasteiger partial charge in [0.15, 0.2) is 7.05 Å². The van der Waals surface area contributed by atoms with Crippen molar-refractivity contribution < 1.29 is 9.87 Å². The average molecular weight is 402 g/mol. The molecule has 3 aromatic carbocycles. The number of nitroso groups, excluding NO2 is 1. The lowest BCUT2D eigenvalue weighted by Gasteiger charge is -2.20. The highest BCUT2D eigenvalue weighted by Crippen LogP contribution is 2.32. The van der Waals surface area contributed by atoms with E-state index in [2.05, 4.69) is 0 Å². The van der Waals surface area contributed by atoms with Crippen molar-refractivity contribution in [2.24, 2.45) is 5.73 Å². The first-order valence-electron chi connectivity index (χ1n) is 8.36. The number of aliphatic hydroxyl groups excluding tert-OH is 1. The third-order valence-electron chi connectivity index (χ3n) is 4.46. The highest BCUT2D eigenvalue weighted by Gasteiger charge is 2.20. The third-order valence-corrected chi connectivity index (χ3v) is 5.20. The van der Waals surface area contributed by atoms with Gasteiger partial charge >= 0.3 is 0 Å². The molecule has 2 unspecified atom stereocenters. The van der Waals surface area contributed by atoms with Crippen LogP contribution in [-0.2, 0) is 0 Å². The van der Waals surface area contributed by atoms with E-state index >= 15 is 0 Å². The van der Waals surface area contributed by atoms with Crippen molar-refractivity contribution in [1.29, 1.82) is 0 Å². The molecule has 3 N–H and O–H groups in total. The Morgan fingerprint density at radius 3 is 2.19 bits per heavy atom. The summed E-state index contributed by atoms with van der Waals surface area (Å²) in [6.07, 6.45) is -0.893. The molecule has 3 aromatic rings. The van der Waals surface area contributed by atoms with Crippen LogP contribution in [0.5, 0.6) is 0 Å². The molecule has 0 radical (unpaired) electrons. The fourth-order valence-electron chi connectivity index (χ4n) is 2.86. The predicted octanol–water partition coefficient (Wildman–Crippen LogP) is 5.43. The summed E-state index contributed by atoms with van der Waals surface area (Å²) in [7, 11) is 1.46. The van der Waals surface area contributed by atoms with Crippen LogP contribution in [0, 0.1) is 4.91 Å². The van der Waals surface area contributed by atoms with Crippen molar-refractivity contribution in [3.05, 3.63) is 92.8 Å². The lowest BCUT2D eigenvalue weighted by Crippen LogP contribution is -2.19. The molecule has 0 saturated heterocycles. The lowest BCUT2D eigenvalue weighted by molar-refractivity contribution is -0.428. The van der Waals surface area contributed by atoms with Gasteiger partial charge in [0, 0.05) is 21.8 Å². The first-order valence-corrected chi connectivity index (χ1v) is 9.12. The van der Waals surface area contributed by atoms with Crippen LogP contribution in [0.4, 0.5) is 5.69 Å². The summed E-state index contributed by atoms with van der Waals surface area (Å²) in [5.74, 6) is 0. The summed E-state index contributed by atoms with van der Waals surface area (Å²) >= 11 is 12.0. The molecule has 0 fully saturated rings. The normalized spacial score (nSPS) is 13.2. The molecule has 0 aromatic heterocycles. The van der Waals surface area contributed by atoms with E-state index in [4.69, 9.17) is 28.9 Å². The molecular formula is C21H19Cl2N2O2+. The number of aliphatic hydroxyl groups is 1. The maximum Gasteiger partial charge on any atom is 0.256 e. The molecule has 6 heteroatoms. The molecule has 27 heavy (non-hydrogen) atoms. The highest BCUT2D eigenvalue weighted by atomic mass is 35.5. The molecule has 138 valence electrons. The SMILES string of the molecule is C[N+](=O)c1cccc(-c2ccc(C(O)C(N)c3ccc(Cl)c(Cl)c3)cc2)c1. The summed E-state index contributed by atoms with van der Waals surface area (Å²) in [5.41, 5.74) is 10.0. The summed E-state index contributed by atoms with van der Waals surface area (Å²) in [5, 5.41) is 11.5. The van der Waals surface area contributed by atoms with Gasteiger partial charge in [0.05, 0.1) is 22.2 Å². The van der Waals surface area contributed by atoms with Crippen LogP contribution in [0.3, 0.4) is 0 Å². The molecule has 0 aliphatic heterocycles. The molecule has 0 bridgehead atoms. The van der Waals surface area contributed by atoms with E-state index in [0.29, 0.717) is 26.9 Å².